The highest BCUT2D eigenvalue weighted by Crippen LogP contribution is 2.53. The largest absolute Gasteiger partial charge is 0.465 e. The molecule has 0 aromatic heterocycles. The number of carboxylic acid groups (broad SMARTS) is 1. The van der Waals surface area contributed by atoms with E-state index < -0.39 is 41.3 Å². The molecule has 1 heterocycles. The molecule has 1 aromatic rings. The van der Waals surface area contributed by atoms with E-state index in [0.29, 0.717) is 32.2 Å². The van der Waals surface area contributed by atoms with Crippen LogP contribution >= 0.6 is 0 Å². The van der Waals surface area contributed by atoms with Crippen LogP contribution in [0, 0.1) is 5.82 Å². The molecular formula is C20H22F4N2O4. The minimum atomic E-state index is -4.86. The molecule has 0 radical (unpaired) electrons. The molecular weight excluding hydrogens is 408 g/mol. The highest BCUT2D eigenvalue weighted by molar-refractivity contribution is 5.71. The van der Waals surface area contributed by atoms with Crippen molar-refractivity contribution >= 4 is 12.2 Å². The summed E-state index contributed by atoms with van der Waals surface area (Å²) in [6.07, 6.45) is -3.39. The number of hydrogen-bond acceptors (Lipinski definition) is 3. The average molecular weight is 430 g/mol. The van der Waals surface area contributed by atoms with E-state index in [2.05, 4.69) is 0 Å². The first-order chi connectivity index (χ1) is 14.1. The zero-order chi connectivity index (χ0) is 21.7. The van der Waals surface area contributed by atoms with Gasteiger partial charge in [0.1, 0.15) is 11.9 Å². The number of halogens is 4. The molecule has 2 amide bonds. The standard InChI is InChI=1S/C20H22F4N2O4/c21-16-6-3-12(10-15(16)20(22,23)24)19(7-8-19)26(18(29)30-14-4-5-14)11-13-2-1-9-25(13)17(27)28/h3,6,10,13-14H,1-2,4-5,7-9,11H2,(H,27,28)/t13-/m0/s1. The molecule has 1 aromatic carbocycles. The maximum atomic E-state index is 13.8. The van der Waals surface area contributed by atoms with E-state index in [0.717, 1.165) is 25.0 Å². The van der Waals surface area contributed by atoms with Gasteiger partial charge in [0.15, 0.2) is 0 Å². The molecule has 2 aliphatic carbocycles. The van der Waals surface area contributed by atoms with Gasteiger partial charge in [-0.1, -0.05) is 6.07 Å². The normalized spacial score (nSPS) is 22.7. The van der Waals surface area contributed by atoms with E-state index in [1.54, 1.807) is 0 Å². The Hall–Kier alpha value is -2.52. The van der Waals surface area contributed by atoms with Crippen LogP contribution in [0.4, 0.5) is 27.2 Å². The number of amides is 2. The van der Waals surface area contributed by atoms with Gasteiger partial charge in [-0.15, -0.1) is 0 Å². The van der Waals surface area contributed by atoms with Crippen LogP contribution in [0.1, 0.15) is 49.7 Å². The molecule has 4 rings (SSSR count). The number of carbonyl (C=O) groups excluding carboxylic acids is 1. The fourth-order valence-corrected chi connectivity index (χ4v) is 4.17. The summed E-state index contributed by atoms with van der Waals surface area (Å²) in [4.78, 5) is 27.0. The topological polar surface area (TPSA) is 70.1 Å². The van der Waals surface area contributed by atoms with Crippen molar-refractivity contribution < 1.29 is 37.0 Å². The molecule has 3 fully saturated rings. The summed E-state index contributed by atoms with van der Waals surface area (Å²) in [7, 11) is 0. The molecule has 6 nitrogen and oxygen atoms in total. The van der Waals surface area contributed by atoms with Crippen LogP contribution in [0.3, 0.4) is 0 Å². The summed E-state index contributed by atoms with van der Waals surface area (Å²) in [5.74, 6) is -1.37. The third kappa shape index (κ3) is 3.91. The number of nitrogens with zero attached hydrogens (tertiary/aromatic N) is 2. The van der Waals surface area contributed by atoms with Crippen LogP contribution in [0.15, 0.2) is 18.2 Å². The van der Waals surface area contributed by atoms with Gasteiger partial charge >= 0.3 is 18.4 Å². The second-order valence-corrected chi connectivity index (χ2v) is 8.19. The van der Waals surface area contributed by atoms with Crippen LogP contribution in [0.5, 0.6) is 0 Å². The van der Waals surface area contributed by atoms with Gasteiger partial charge in [0.25, 0.3) is 0 Å². The van der Waals surface area contributed by atoms with Crippen LogP contribution in [0.2, 0.25) is 0 Å². The second-order valence-electron chi connectivity index (χ2n) is 8.19. The van der Waals surface area contributed by atoms with Gasteiger partial charge in [0.05, 0.1) is 17.1 Å². The van der Waals surface area contributed by atoms with Gasteiger partial charge in [-0.05, 0) is 56.2 Å². The highest BCUT2D eigenvalue weighted by atomic mass is 19.4. The predicted octanol–water partition coefficient (Wildman–Crippen LogP) is 4.58. The van der Waals surface area contributed by atoms with E-state index in [1.165, 1.54) is 15.9 Å². The summed E-state index contributed by atoms with van der Waals surface area (Å²) >= 11 is 0. The third-order valence-electron chi connectivity index (χ3n) is 6.08. The minimum Gasteiger partial charge on any atom is -0.465 e. The number of ether oxygens (including phenoxy) is 1. The molecule has 1 aliphatic heterocycles. The van der Waals surface area contributed by atoms with Gasteiger partial charge in [-0.3, -0.25) is 4.90 Å². The number of rotatable bonds is 5. The molecule has 1 saturated heterocycles. The SMILES string of the molecule is O=C(O)N1CCC[C@H]1CN(C(=O)OC1CC1)C1(c2ccc(F)c(C(F)(F)F)c2)CC1. The fourth-order valence-electron chi connectivity index (χ4n) is 4.17. The van der Waals surface area contributed by atoms with Gasteiger partial charge < -0.3 is 14.7 Å². The second kappa shape index (κ2) is 7.31. The lowest BCUT2D eigenvalue weighted by atomic mass is 9.99. The Bertz CT molecular complexity index is 852. The van der Waals surface area contributed by atoms with Crippen molar-refractivity contribution in [1.29, 1.82) is 0 Å². The van der Waals surface area contributed by atoms with Gasteiger partial charge in [0, 0.05) is 13.1 Å². The lowest BCUT2D eigenvalue weighted by Gasteiger charge is -2.35. The number of benzene rings is 1. The summed E-state index contributed by atoms with van der Waals surface area (Å²) in [6, 6.07) is 2.32. The molecule has 164 valence electrons. The Morgan fingerprint density at radius 1 is 1.23 bits per heavy atom. The first-order valence-corrected chi connectivity index (χ1v) is 9.97. The first-order valence-electron chi connectivity index (χ1n) is 9.97. The summed E-state index contributed by atoms with van der Waals surface area (Å²) in [5, 5.41) is 9.41. The maximum Gasteiger partial charge on any atom is 0.419 e. The van der Waals surface area contributed by atoms with E-state index in [-0.39, 0.29) is 18.2 Å². The quantitative estimate of drug-likeness (QED) is 0.695. The van der Waals surface area contributed by atoms with Crippen LogP contribution in [-0.4, -0.2) is 52.3 Å². The van der Waals surface area contributed by atoms with Gasteiger partial charge in [-0.2, -0.15) is 13.2 Å². The number of carbonyl (C=O) groups is 2. The van der Waals surface area contributed by atoms with E-state index in [1.807, 2.05) is 0 Å². The van der Waals surface area contributed by atoms with E-state index in [4.69, 9.17) is 4.74 Å². The Morgan fingerprint density at radius 2 is 1.93 bits per heavy atom. The van der Waals surface area contributed by atoms with Crippen molar-refractivity contribution in [3.05, 3.63) is 35.1 Å². The molecule has 0 unspecified atom stereocenters. The Labute approximate surface area is 170 Å². The first kappa shape index (κ1) is 20.7. The molecule has 10 heteroatoms. The highest BCUT2D eigenvalue weighted by Gasteiger charge is 2.54. The lowest BCUT2D eigenvalue weighted by Crippen LogP contribution is -2.49. The molecule has 2 saturated carbocycles. The summed E-state index contributed by atoms with van der Waals surface area (Å²) in [6.45, 7) is 0.365. The van der Waals surface area contributed by atoms with Gasteiger partial charge in [0.2, 0.25) is 0 Å². The zero-order valence-electron chi connectivity index (χ0n) is 16.1. The van der Waals surface area contributed by atoms with Crippen LogP contribution in [-0.2, 0) is 16.5 Å². The van der Waals surface area contributed by atoms with Crippen molar-refractivity contribution in [3.63, 3.8) is 0 Å². The van der Waals surface area contributed by atoms with Crippen molar-refractivity contribution in [3.8, 4) is 0 Å². The molecule has 0 bridgehead atoms. The molecule has 0 spiro atoms. The Balaban J connectivity index is 1.66. The van der Waals surface area contributed by atoms with E-state index in [9.17, 15) is 32.3 Å². The molecule has 1 N–H and O–H groups in total. The predicted molar refractivity (Wildman–Crippen MR) is 96.3 cm³/mol. The van der Waals surface area contributed by atoms with Crippen molar-refractivity contribution in [1.82, 2.24) is 9.80 Å². The van der Waals surface area contributed by atoms with Crippen LogP contribution in [0.25, 0.3) is 0 Å². The van der Waals surface area contributed by atoms with Crippen LogP contribution < -0.4 is 0 Å². The summed E-state index contributed by atoms with van der Waals surface area (Å²) in [5.41, 5.74) is -2.24. The zero-order valence-corrected chi connectivity index (χ0v) is 16.1. The fraction of sp³-hybridized carbons (Fsp3) is 0.600. The Morgan fingerprint density at radius 3 is 2.50 bits per heavy atom. The van der Waals surface area contributed by atoms with Crippen molar-refractivity contribution in [2.45, 2.75) is 62.4 Å². The monoisotopic (exact) mass is 430 g/mol. The lowest BCUT2D eigenvalue weighted by molar-refractivity contribution is -0.140. The maximum absolute atomic E-state index is 13.8. The number of hydrogen-bond donors (Lipinski definition) is 1. The van der Waals surface area contributed by atoms with Gasteiger partial charge in [-0.25, -0.2) is 14.0 Å². The van der Waals surface area contributed by atoms with E-state index >= 15 is 0 Å². The summed E-state index contributed by atoms with van der Waals surface area (Å²) < 4.78 is 58.9. The van der Waals surface area contributed by atoms with Crippen molar-refractivity contribution in [2.24, 2.45) is 0 Å². The van der Waals surface area contributed by atoms with Crippen molar-refractivity contribution in [2.75, 3.05) is 13.1 Å². The number of likely N-dealkylation sites (tertiary alicyclic amines) is 1. The third-order valence-corrected chi connectivity index (χ3v) is 6.08. The minimum absolute atomic E-state index is 0.0244. The number of alkyl halides is 3. The average Bonchev–Trinajstić information content (AvgIpc) is 3.58. The smallest absolute Gasteiger partial charge is 0.419 e. The molecule has 30 heavy (non-hydrogen) atoms. The molecule has 3 aliphatic rings. The molecule has 1 atom stereocenters. The Kier molecular flexibility index (Phi) is 5.06.